The third kappa shape index (κ3) is 4.42. The third-order valence-electron chi connectivity index (χ3n) is 9.58. The summed E-state index contributed by atoms with van der Waals surface area (Å²) in [5, 5.41) is 1.03. The van der Waals surface area contributed by atoms with Gasteiger partial charge >= 0.3 is 0 Å². The molecule has 0 N–H and O–H groups in total. The third-order valence-corrected chi connectivity index (χ3v) is 9.58. The second-order valence-electron chi connectivity index (χ2n) is 12.4. The molecule has 0 radical (unpaired) electrons. The van der Waals surface area contributed by atoms with Crippen LogP contribution in [0.5, 0.6) is 0 Å². The van der Waals surface area contributed by atoms with Crippen LogP contribution in [0.4, 0.5) is 0 Å². The van der Waals surface area contributed by atoms with Gasteiger partial charge in [-0.05, 0) is 46.5 Å². The Bertz CT molecular complexity index is 2710. The molecule has 7 aromatic carbocycles. The summed E-state index contributed by atoms with van der Waals surface area (Å²) in [5.41, 5.74) is 15.4. The molecule has 49 heavy (non-hydrogen) atoms. The number of nitrogens with zero attached hydrogens (tertiary/aromatic N) is 4. The van der Waals surface area contributed by atoms with Crippen LogP contribution in [-0.4, -0.2) is 19.5 Å². The van der Waals surface area contributed by atoms with E-state index in [2.05, 4.69) is 144 Å². The van der Waals surface area contributed by atoms with Crippen LogP contribution in [0.2, 0.25) is 0 Å². The SMILES string of the molecule is c1ccc(-c2nc(-c3cccc(-c4ccc(-c5nc6cccc7c6n5-c5ccccc5-c5ccccc5-7)cc4)c3)c3ccccc3n2)cc1. The Kier molecular flexibility index (Phi) is 6.15. The van der Waals surface area contributed by atoms with Crippen molar-refractivity contribution in [3.8, 4) is 73.1 Å². The highest BCUT2D eigenvalue weighted by molar-refractivity contribution is 6.03. The normalized spacial score (nSPS) is 11.7. The lowest BCUT2D eigenvalue weighted by atomic mass is 9.94. The van der Waals surface area contributed by atoms with Crippen molar-refractivity contribution in [3.63, 3.8) is 0 Å². The van der Waals surface area contributed by atoms with Gasteiger partial charge in [-0.2, -0.15) is 0 Å². The van der Waals surface area contributed by atoms with Gasteiger partial charge in [0.15, 0.2) is 5.82 Å². The summed E-state index contributed by atoms with van der Waals surface area (Å²) in [4.78, 5) is 15.2. The minimum absolute atomic E-state index is 0.726. The topological polar surface area (TPSA) is 43.6 Å². The smallest absolute Gasteiger partial charge is 0.160 e. The fourth-order valence-corrected chi connectivity index (χ4v) is 7.29. The molecule has 0 saturated carbocycles. The summed E-state index contributed by atoms with van der Waals surface area (Å²) in [5.74, 6) is 1.66. The maximum atomic E-state index is 5.24. The Morgan fingerprint density at radius 3 is 1.84 bits per heavy atom. The molecule has 0 bridgehead atoms. The van der Waals surface area contributed by atoms with E-state index in [1.54, 1.807) is 0 Å². The van der Waals surface area contributed by atoms with Gasteiger partial charge in [-0.15, -0.1) is 0 Å². The van der Waals surface area contributed by atoms with Gasteiger partial charge in [-0.3, -0.25) is 4.57 Å². The van der Waals surface area contributed by atoms with E-state index in [1.165, 1.54) is 22.3 Å². The minimum Gasteiger partial charge on any atom is -0.291 e. The zero-order chi connectivity index (χ0) is 32.3. The lowest BCUT2D eigenvalue weighted by molar-refractivity contribution is 1.11. The number of hydrogen-bond donors (Lipinski definition) is 0. The van der Waals surface area contributed by atoms with E-state index in [-0.39, 0.29) is 0 Å². The first-order valence-corrected chi connectivity index (χ1v) is 16.5. The van der Waals surface area contributed by atoms with Gasteiger partial charge in [-0.1, -0.05) is 146 Å². The Hall–Kier alpha value is -6.65. The van der Waals surface area contributed by atoms with E-state index in [0.717, 1.165) is 72.8 Å². The zero-order valence-electron chi connectivity index (χ0n) is 26.5. The van der Waals surface area contributed by atoms with E-state index in [0.29, 0.717) is 0 Å². The highest BCUT2D eigenvalue weighted by atomic mass is 15.1. The summed E-state index contributed by atoms with van der Waals surface area (Å²) >= 11 is 0. The number of rotatable bonds is 4. The van der Waals surface area contributed by atoms with Crippen molar-refractivity contribution in [2.24, 2.45) is 0 Å². The van der Waals surface area contributed by atoms with Crippen molar-refractivity contribution in [1.82, 2.24) is 19.5 Å². The molecule has 0 saturated heterocycles. The van der Waals surface area contributed by atoms with Crippen molar-refractivity contribution in [3.05, 3.63) is 170 Å². The van der Waals surface area contributed by atoms with Crippen LogP contribution in [0.25, 0.3) is 95.0 Å². The summed E-state index contributed by atoms with van der Waals surface area (Å²) in [6, 6.07) is 59.7. The monoisotopic (exact) mass is 624 g/mol. The predicted molar refractivity (Wildman–Crippen MR) is 200 cm³/mol. The standard InChI is InChI=1S/C45H28N4/c1-2-12-30(13-3-1)44-46-39-21-8-6-19-38(39)42(48-44)33-15-10-14-32(28-33)29-24-26-31(27-25-29)45-47-40-22-11-20-37-35-17-5-4-16-34(35)36-18-7-9-23-41(36)49(45)43(37)40/h1-28H. The molecule has 10 rings (SSSR count). The van der Waals surface area contributed by atoms with Crippen LogP contribution in [0.1, 0.15) is 0 Å². The number of para-hydroxylation sites is 3. The van der Waals surface area contributed by atoms with Gasteiger partial charge < -0.3 is 0 Å². The number of fused-ring (bicyclic) bond motifs is 6. The van der Waals surface area contributed by atoms with Gasteiger partial charge in [0.05, 0.1) is 27.9 Å². The highest BCUT2D eigenvalue weighted by Gasteiger charge is 2.25. The maximum absolute atomic E-state index is 5.24. The highest BCUT2D eigenvalue weighted by Crippen LogP contribution is 2.45. The fourth-order valence-electron chi connectivity index (χ4n) is 7.29. The predicted octanol–water partition coefficient (Wildman–Crippen LogP) is 11.3. The lowest BCUT2D eigenvalue weighted by Gasteiger charge is -2.14. The van der Waals surface area contributed by atoms with Gasteiger partial charge in [0.2, 0.25) is 0 Å². The average molecular weight is 625 g/mol. The van der Waals surface area contributed by atoms with Gasteiger partial charge in [-0.25, -0.2) is 15.0 Å². The Morgan fingerprint density at radius 1 is 0.367 bits per heavy atom. The average Bonchev–Trinajstić information content (AvgIpc) is 3.52. The summed E-state index contributed by atoms with van der Waals surface area (Å²) in [7, 11) is 0. The molecule has 0 atom stereocenters. The molecule has 4 heteroatoms. The first-order valence-electron chi connectivity index (χ1n) is 16.5. The second-order valence-corrected chi connectivity index (χ2v) is 12.4. The quantitative estimate of drug-likeness (QED) is 0.196. The van der Waals surface area contributed by atoms with Crippen molar-refractivity contribution < 1.29 is 0 Å². The number of benzene rings is 7. The van der Waals surface area contributed by atoms with Crippen LogP contribution >= 0.6 is 0 Å². The molecule has 2 aromatic heterocycles. The molecule has 9 aromatic rings. The van der Waals surface area contributed by atoms with Gasteiger partial charge in [0.25, 0.3) is 0 Å². The van der Waals surface area contributed by atoms with Gasteiger partial charge in [0, 0.05) is 33.2 Å². The largest absolute Gasteiger partial charge is 0.291 e. The minimum atomic E-state index is 0.726. The van der Waals surface area contributed by atoms with E-state index in [9.17, 15) is 0 Å². The van der Waals surface area contributed by atoms with Crippen molar-refractivity contribution in [2.45, 2.75) is 0 Å². The molecule has 0 amide bonds. The second kappa shape index (κ2) is 11.0. The fraction of sp³-hybridized carbons (Fsp3) is 0. The number of imidazole rings is 1. The van der Waals surface area contributed by atoms with E-state index in [4.69, 9.17) is 15.0 Å². The van der Waals surface area contributed by atoms with Crippen molar-refractivity contribution in [1.29, 1.82) is 0 Å². The number of aromatic nitrogens is 4. The molecule has 228 valence electrons. The lowest BCUT2D eigenvalue weighted by Crippen LogP contribution is -1.99. The molecule has 4 nitrogen and oxygen atoms in total. The van der Waals surface area contributed by atoms with Crippen molar-refractivity contribution >= 4 is 21.9 Å². The molecule has 0 unspecified atom stereocenters. The van der Waals surface area contributed by atoms with Crippen LogP contribution in [-0.2, 0) is 0 Å². The molecule has 1 aliphatic rings. The van der Waals surface area contributed by atoms with Crippen LogP contribution in [0, 0.1) is 0 Å². The number of hydrogen-bond acceptors (Lipinski definition) is 3. The van der Waals surface area contributed by atoms with Crippen LogP contribution < -0.4 is 0 Å². The van der Waals surface area contributed by atoms with E-state index in [1.807, 2.05) is 30.3 Å². The maximum Gasteiger partial charge on any atom is 0.160 e. The van der Waals surface area contributed by atoms with Crippen LogP contribution in [0.15, 0.2) is 170 Å². The Morgan fingerprint density at radius 2 is 0.980 bits per heavy atom. The first-order chi connectivity index (χ1) is 24.3. The molecule has 3 heterocycles. The summed E-state index contributed by atoms with van der Waals surface area (Å²) in [6.45, 7) is 0. The molecule has 1 aliphatic heterocycles. The molecular formula is C45H28N4. The molecule has 0 spiro atoms. The van der Waals surface area contributed by atoms with Crippen LogP contribution in [0.3, 0.4) is 0 Å². The molecule has 0 fully saturated rings. The van der Waals surface area contributed by atoms with Gasteiger partial charge in [0.1, 0.15) is 5.82 Å². The van der Waals surface area contributed by atoms with E-state index >= 15 is 0 Å². The zero-order valence-corrected chi connectivity index (χ0v) is 26.5. The Balaban J connectivity index is 1.09. The first kappa shape index (κ1) is 27.5. The summed E-state index contributed by atoms with van der Waals surface area (Å²) < 4.78 is 2.35. The van der Waals surface area contributed by atoms with Crippen molar-refractivity contribution in [2.75, 3.05) is 0 Å². The molecular weight excluding hydrogens is 597 g/mol. The summed E-state index contributed by atoms with van der Waals surface area (Å²) in [6.07, 6.45) is 0. The molecule has 0 aliphatic carbocycles. The van der Waals surface area contributed by atoms with E-state index < -0.39 is 0 Å². The Labute approximate surface area is 283 Å².